The van der Waals surface area contributed by atoms with Gasteiger partial charge in [-0.25, -0.2) is 4.79 Å². The van der Waals surface area contributed by atoms with Gasteiger partial charge in [-0.15, -0.1) is 0 Å². The molecule has 0 saturated heterocycles. The van der Waals surface area contributed by atoms with E-state index in [0.717, 1.165) is 6.07 Å². The SMILES string of the molecule is COc1cc(O)c(=O)cc2c1C(=O)OC2. The number of esters is 1. The maximum atomic E-state index is 11.3. The second kappa shape index (κ2) is 3.27. The van der Waals surface area contributed by atoms with Gasteiger partial charge >= 0.3 is 5.97 Å². The molecular formula is C10H8O5. The summed E-state index contributed by atoms with van der Waals surface area (Å²) in [5.74, 6) is -0.849. The van der Waals surface area contributed by atoms with E-state index in [1.165, 1.54) is 13.2 Å². The average molecular weight is 208 g/mol. The highest BCUT2D eigenvalue weighted by molar-refractivity contribution is 5.96. The van der Waals surface area contributed by atoms with Gasteiger partial charge in [-0.1, -0.05) is 0 Å². The number of methoxy groups -OCH3 is 1. The van der Waals surface area contributed by atoms with Crippen LogP contribution in [0.25, 0.3) is 0 Å². The van der Waals surface area contributed by atoms with E-state index in [-0.39, 0.29) is 17.9 Å². The zero-order chi connectivity index (χ0) is 11.0. The van der Waals surface area contributed by atoms with Gasteiger partial charge in [-0.05, 0) is 6.07 Å². The number of aromatic hydroxyl groups is 1. The minimum Gasteiger partial charge on any atom is -0.504 e. The average Bonchev–Trinajstić information content (AvgIpc) is 2.50. The van der Waals surface area contributed by atoms with E-state index in [4.69, 9.17) is 9.47 Å². The monoisotopic (exact) mass is 208 g/mol. The summed E-state index contributed by atoms with van der Waals surface area (Å²) in [4.78, 5) is 22.6. The molecule has 0 aliphatic carbocycles. The molecule has 5 heteroatoms. The van der Waals surface area contributed by atoms with Crippen LogP contribution in [0.2, 0.25) is 0 Å². The molecule has 2 rings (SSSR count). The second-order valence-electron chi connectivity index (χ2n) is 3.08. The van der Waals surface area contributed by atoms with Gasteiger partial charge in [0.05, 0.1) is 7.11 Å². The van der Waals surface area contributed by atoms with Gasteiger partial charge in [-0.3, -0.25) is 4.79 Å². The predicted molar refractivity (Wildman–Crippen MR) is 50.0 cm³/mol. The van der Waals surface area contributed by atoms with Crippen molar-refractivity contribution in [2.24, 2.45) is 0 Å². The molecule has 1 aromatic rings. The fourth-order valence-corrected chi connectivity index (χ4v) is 1.45. The van der Waals surface area contributed by atoms with Crippen LogP contribution < -0.4 is 10.2 Å². The first kappa shape index (κ1) is 9.51. The lowest BCUT2D eigenvalue weighted by Gasteiger charge is -1.98. The van der Waals surface area contributed by atoms with Crippen LogP contribution in [0.4, 0.5) is 0 Å². The molecule has 0 spiro atoms. The summed E-state index contributed by atoms with van der Waals surface area (Å²) >= 11 is 0. The summed E-state index contributed by atoms with van der Waals surface area (Å²) in [6.07, 6.45) is 0. The summed E-state index contributed by atoms with van der Waals surface area (Å²) < 4.78 is 9.69. The minimum absolute atomic E-state index is 0.0356. The molecule has 78 valence electrons. The molecule has 0 atom stereocenters. The second-order valence-corrected chi connectivity index (χ2v) is 3.08. The molecular weight excluding hydrogens is 200 g/mol. The number of carbonyl (C=O) groups excluding carboxylic acids is 1. The molecule has 0 fully saturated rings. The molecule has 0 amide bonds. The van der Waals surface area contributed by atoms with Crippen molar-refractivity contribution in [2.45, 2.75) is 6.61 Å². The van der Waals surface area contributed by atoms with E-state index < -0.39 is 17.1 Å². The molecule has 1 heterocycles. The molecule has 0 saturated carbocycles. The van der Waals surface area contributed by atoms with Crippen LogP contribution in [0.1, 0.15) is 15.9 Å². The maximum Gasteiger partial charge on any atom is 0.342 e. The topological polar surface area (TPSA) is 72.8 Å². The Kier molecular flexibility index (Phi) is 2.07. The summed E-state index contributed by atoms with van der Waals surface area (Å²) in [6.45, 7) is 0.0356. The van der Waals surface area contributed by atoms with Crippen LogP contribution >= 0.6 is 0 Å². The van der Waals surface area contributed by atoms with Crippen molar-refractivity contribution in [3.05, 3.63) is 33.5 Å². The van der Waals surface area contributed by atoms with Crippen molar-refractivity contribution >= 4 is 5.97 Å². The number of ether oxygens (including phenoxy) is 2. The lowest BCUT2D eigenvalue weighted by Crippen LogP contribution is -1.96. The number of carbonyl (C=O) groups is 1. The number of fused-ring (bicyclic) bond motifs is 1. The summed E-state index contributed by atoms with van der Waals surface area (Å²) in [6, 6.07) is 2.30. The lowest BCUT2D eigenvalue weighted by molar-refractivity contribution is 0.0532. The van der Waals surface area contributed by atoms with Gasteiger partial charge in [-0.2, -0.15) is 0 Å². The fourth-order valence-electron chi connectivity index (χ4n) is 1.45. The molecule has 0 unspecified atom stereocenters. The molecule has 1 aromatic carbocycles. The van der Waals surface area contributed by atoms with Crippen molar-refractivity contribution in [1.29, 1.82) is 0 Å². The molecule has 0 radical (unpaired) electrons. The largest absolute Gasteiger partial charge is 0.504 e. The van der Waals surface area contributed by atoms with Gasteiger partial charge in [0.2, 0.25) is 5.43 Å². The van der Waals surface area contributed by atoms with E-state index >= 15 is 0 Å². The Morgan fingerprint density at radius 3 is 2.80 bits per heavy atom. The Morgan fingerprint density at radius 2 is 2.13 bits per heavy atom. The summed E-state index contributed by atoms with van der Waals surface area (Å²) in [7, 11) is 1.35. The van der Waals surface area contributed by atoms with Crippen molar-refractivity contribution in [1.82, 2.24) is 0 Å². The van der Waals surface area contributed by atoms with Crippen LogP contribution in [0.3, 0.4) is 0 Å². The van der Waals surface area contributed by atoms with Gasteiger partial charge in [0.1, 0.15) is 17.9 Å². The normalized spacial score (nSPS) is 13.3. The Labute approximate surface area is 84.9 Å². The number of hydrogen-bond donors (Lipinski definition) is 1. The number of cyclic esters (lactones) is 1. The Morgan fingerprint density at radius 1 is 1.40 bits per heavy atom. The molecule has 0 aromatic heterocycles. The highest BCUT2D eigenvalue weighted by Gasteiger charge is 2.25. The first-order chi connectivity index (χ1) is 7.13. The van der Waals surface area contributed by atoms with Gasteiger partial charge in [0.25, 0.3) is 0 Å². The molecule has 15 heavy (non-hydrogen) atoms. The van der Waals surface area contributed by atoms with E-state index in [9.17, 15) is 14.7 Å². The van der Waals surface area contributed by atoms with Crippen LogP contribution in [-0.2, 0) is 11.3 Å². The Hall–Kier alpha value is -2.04. The first-order valence-electron chi connectivity index (χ1n) is 4.25. The van der Waals surface area contributed by atoms with Crippen LogP contribution in [0, 0.1) is 0 Å². The van der Waals surface area contributed by atoms with Crippen LogP contribution in [0.15, 0.2) is 16.9 Å². The maximum absolute atomic E-state index is 11.3. The van der Waals surface area contributed by atoms with E-state index in [1.54, 1.807) is 0 Å². The predicted octanol–water partition coefficient (Wildman–Crippen LogP) is 0.431. The van der Waals surface area contributed by atoms with Gasteiger partial charge in [0, 0.05) is 11.6 Å². The fraction of sp³-hybridized carbons (Fsp3) is 0.200. The summed E-state index contributed by atoms with van der Waals surface area (Å²) in [5, 5.41) is 9.30. The third kappa shape index (κ3) is 1.41. The highest BCUT2D eigenvalue weighted by Crippen LogP contribution is 2.28. The van der Waals surface area contributed by atoms with Gasteiger partial charge in [0.15, 0.2) is 5.75 Å². The van der Waals surface area contributed by atoms with Crippen molar-refractivity contribution in [3.8, 4) is 11.5 Å². The van der Waals surface area contributed by atoms with Crippen molar-refractivity contribution < 1.29 is 19.4 Å². The first-order valence-corrected chi connectivity index (χ1v) is 4.25. The third-order valence-electron chi connectivity index (χ3n) is 2.18. The lowest BCUT2D eigenvalue weighted by atomic mass is 10.2. The van der Waals surface area contributed by atoms with E-state index in [1.807, 2.05) is 0 Å². The molecule has 1 N–H and O–H groups in total. The Bertz CT molecular complexity index is 492. The summed E-state index contributed by atoms with van der Waals surface area (Å²) in [5.41, 5.74) is 0.0740. The minimum atomic E-state index is -0.562. The van der Waals surface area contributed by atoms with Crippen molar-refractivity contribution in [2.75, 3.05) is 7.11 Å². The molecule has 1 aliphatic rings. The van der Waals surface area contributed by atoms with E-state index in [0.29, 0.717) is 5.56 Å². The van der Waals surface area contributed by atoms with Crippen LogP contribution in [-0.4, -0.2) is 18.2 Å². The number of rotatable bonds is 1. The zero-order valence-corrected chi connectivity index (χ0v) is 7.94. The smallest absolute Gasteiger partial charge is 0.342 e. The number of hydrogen-bond acceptors (Lipinski definition) is 5. The van der Waals surface area contributed by atoms with E-state index in [2.05, 4.69) is 0 Å². The van der Waals surface area contributed by atoms with Crippen molar-refractivity contribution in [3.63, 3.8) is 0 Å². The quantitative estimate of drug-likeness (QED) is 0.677. The highest BCUT2D eigenvalue weighted by atomic mass is 16.5. The molecule has 5 nitrogen and oxygen atoms in total. The Balaban J connectivity index is 2.83. The molecule has 0 bridgehead atoms. The molecule has 1 aliphatic heterocycles. The third-order valence-corrected chi connectivity index (χ3v) is 2.18. The zero-order valence-electron chi connectivity index (χ0n) is 7.94. The van der Waals surface area contributed by atoms with Crippen LogP contribution in [0.5, 0.6) is 11.5 Å². The standard InChI is InChI=1S/C10H8O5/c1-14-8-3-7(12)6(11)2-5-4-15-10(13)9(5)8/h2-3H,4H2,1H3,(H,11,12). The van der Waals surface area contributed by atoms with Gasteiger partial charge < -0.3 is 14.6 Å².